The van der Waals surface area contributed by atoms with Gasteiger partial charge in [0.15, 0.2) is 5.82 Å². The molecule has 0 amide bonds. The minimum atomic E-state index is -3.75. The van der Waals surface area contributed by atoms with Gasteiger partial charge in [-0.05, 0) is 19.8 Å². The van der Waals surface area contributed by atoms with Gasteiger partial charge in [0.2, 0.25) is 10.0 Å². The summed E-state index contributed by atoms with van der Waals surface area (Å²) in [7, 11) is -3.75. The van der Waals surface area contributed by atoms with Crippen molar-refractivity contribution in [1.29, 1.82) is 0 Å². The Morgan fingerprint density at radius 3 is 2.63 bits per heavy atom. The third-order valence-electron chi connectivity index (χ3n) is 3.58. The number of hydrogen-bond donors (Lipinski definition) is 3. The van der Waals surface area contributed by atoms with Gasteiger partial charge in [0.1, 0.15) is 4.90 Å². The first-order valence-electron chi connectivity index (χ1n) is 6.40. The van der Waals surface area contributed by atoms with E-state index in [1.807, 2.05) is 6.92 Å². The van der Waals surface area contributed by atoms with Gasteiger partial charge in [0.25, 0.3) is 0 Å². The predicted octanol–water partition coefficient (Wildman–Crippen LogP) is 0.0686. The summed E-state index contributed by atoms with van der Waals surface area (Å²) in [5.74, 6) is -0.0135. The van der Waals surface area contributed by atoms with Crippen molar-refractivity contribution in [3.63, 3.8) is 0 Å². The van der Waals surface area contributed by atoms with Gasteiger partial charge in [-0.1, -0.05) is 12.8 Å². The molecule has 1 fully saturated rings. The van der Waals surface area contributed by atoms with Crippen LogP contribution in [0.15, 0.2) is 11.1 Å². The molecule has 0 spiro atoms. The highest BCUT2D eigenvalue weighted by atomic mass is 32.2. The molecule has 1 heterocycles. The monoisotopic (exact) mass is 288 g/mol. The molecule has 1 aliphatic carbocycles. The largest absolute Gasteiger partial charge is 0.394 e. The standard InChI is InChI=1S/C11H20N4O3S/c1-2-15-7-9(10(12)13-15)19(17,18)14-11(8-16)5-3-4-6-11/h7,14,16H,2-6,8H2,1H3,(H2,12,13). The lowest BCUT2D eigenvalue weighted by molar-refractivity contribution is 0.185. The molecule has 0 radical (unpaired) electrons. The van der Waals surface area contributed by atoms with Gasteiger partial charge in [-0.2, -0.15) is 5.10 Å². The smallest absolute Gasteiger partial charge is 0.246 e. The van der Waals surface area contributed by atoms with Crippen LogP contribution in [0.5, 0.6) is 0 Å². The number of nitrogens with two attached hydrogens (primary N) is 1. The molecule has 8 heteroatoms. The maximum atomic E-state index is 12.3. The number of nitrogens with zero attached hydrogens (tertiary/aromatic N) is 2. The van der Waals surface area contributed by atoms with E-state index in [1.54, 1.807) is 0 Å². The summed E-state index contributed by atoms with van der Waals surface area (Å²) >= 11 is 0. The zero-order valence-corrected chi connectivity index (χ0v) is 11.8. The lowest BCUT2D eigenvalue weighted by Crippen LogP contribution is -2.49. The molecule has 2 rings (SSSR count). The highest BCUT2D eigenvalue weighted by Crippen LogP contribution is 2.31. The average molecular weight is 288 g/mol. The molecule has 1 aromatic rings. The third-order valence-corrected chi connectivity index (χ3v) is 5.18. The Morgan fingerprint density at radius 2 is 2.16 bits per heavy atom. The SMILES string of the molecule is CCn1cc(S(=O)(=O)NC2(CO)CCCC2)c(N)n1. The Morgan fingerprint density at radius 1 is 1.53 bits per heavy atom. The van der Waals surface area contributed by atoms with E-state index in [0.717, 1.165) is 12.8 Å². The molecule has 19 heavy (non-hydrogen) atoms. The zero-order valence-electron chi connectivity index (χ0n) is 11.0. The van der Waals surface area contributed by atoms with E-state index in [4.69, 9.17) is 5.73 Å². The number of rotatable bonds is 5. The molecule has 1 aromatic heterocycles. The zero-order chi connectivity index (χ0) is 14.1. The average Bonchev–Trinajstić information content (AvgIpc) is 2.96. The Labute approximate surface area is 112 Å². The molecule has 108 valence electrons. The summed E-state index contributed by atoms with van der Waals surface area (Å²) in [6, 6.07) is 0. The number of nitrogens with one attached hydrogen (secondary N) is 1. The first-order valence-corrected chi connectivity index (χ1v) is 7.88. The maximum absolute atomic E-state index is 12.3. The van der Waals surface area contributed by atoms with Gasteiger partial charge in [0, 0.05) is 12.7 Å². The Kier molecular flexibility index (Phi) is 3.84. The van der Waals surface area contributed by atoms with Crippen molar-refractivity contribution in [1.82, 2.24) is 14.5 Å². The van der Waals surface area contributed by atoms with Crippen LogP contribution in [0.25, 0.3) is 0 Å². The van der Waals surface area contributed by atoms with E-state index >= 15 is 0 Å². The second-order valence-electron chi connectivity index (χ2n) is 4.99. The van der Waals surface area contributed by atoms with E-state index in [1.165, 1.54) is 10.9 Å². The summed E-state index contributed by atoms with van der Waals surface area (Å²) in [6.45, 7) is 2.20. The van der Waals surface area contributed by atoms with Crippen molar-refractivity contribution < 1.29 is 13.5 Å². The second-order valence-corrected chi connectivity index (χ2v) is 6.64. The second kappa shape index (κ2) is 5.10. The minimum Gasteiger partial charge on any atom is -0.394 e. The Bertz CT molecular complexity index is 546. The van der Waals surface area contributed by atoms with E-state index < -0.39 is 15.6 Å². The molecular weight excluding hydrogens is 268 g/mol. The Hall–Kier alpha value is -1.12. The van der Waals surface area contributed by atoms with Crippen molar-refractivity contribution in [2.45, 2.75) is 49.6 Å². The lowest BCUT2D eigenvalue weighted by Gasteiger charge is -2.27. The number of aliphatic hydroxyl groups is 1. The molecular formula is C11H20N4O3S. The molecule has 0 aliphatic heterocycles. The van der Waals surface area contributed by atoms with Crippen molar-refractivity contribution in [3.8, 4) is 0 Å². The number of aromatic nitrogens is 2. The van der Waals surface area contributed by atoms with E-state index in [0.29, 0.717) is 19.4 Å². The van der Waals surface area contributed by atoms with Crippen LogP contribution in [0.2, 0.25) is 0 Å². The molecule has 4 N–H and O–H groups in total. The van der Waals surface area contributed by atoms with Gasteiger partial charge < -0.3 is 10.8 Å². The highest BCUT2D eigenvalue weighted by molar-refractivity contribution is 7.89. The van der Waals surface area contributed by atoms with Crippen LogP contribution in [-0.2, 0) is 16.6 Å². The summed E-state index contributed by atoms with van der Waals surface area (Å²) in [5, 5.41) is 13.4. The van der Waals surface area contributed by atoms with Gasteiger partial charge in [-0.25, -0.2) is 13.1 Å². The van der Waals surface area contributed by atoms with Crippen molar-refractivity contribution >= 4 is 15.8 Å². The molecule has 0 bridgehead atoms. The van der Waals surface area contributed by atoms with Crippen LogP contribution in [0.1, 0.15) is 32.6 Å². The predicted molar refractivity (Wildman–Crippen MR) is 70.9 cm³/mol. The molecule has 0 atom stereocenters. The number of aryl methyl sites for hydroxylation is 1. The topological polar surface area (TPSA) is 110 Å². The van der Waals surface area contributed by atoms with Crippen molar-refractivity contribution in [2.75, 3.05) is 12.3 Å². The van der Waals surface area contributed by atoms with E-state index in [9.17, 15) is 13.5 Å². The minimum absolute atomic E-state index is 0.0135. The summed E-state index contributed by atoms with van der Waals surface area (Å²) < 4.78 is 28.8. The van der Waals surface area contributed by atoms with Crippen LogP contribution >= 0.6 is 0 Å². The first-order chi connectivity index (χ1) is 8.92. The van der Waals surface area contributed by atoms with Crippen LogP contribution in [0.3, 0.4) is 0 Å². The number of sulfonamides is 1. The number of nitrogen functional groups attached to an aromatic ring is 1. The molecule has 0 unspecified atom stereocenters. The fraction of sp³-hybridized carbons (Fsp3) is 0.727. The van der Waals surface area contributed by atoms with Crippen LogP contribution in [0, 0.1) is 0 Å². The Balaban J connectivity index is 2.29. The molecule has 1 aliphatic rings. The molecule has 0 saturated heterocycles. The summed E-state index contributed by atoms with van der Waals surface area (Å²) in [5.41, 5.74) is 4.90. The lowest BCUT2D eigenvalue weighted by atomic mass is 10.0. The number of anilines is 1. The fourth-order valence-electron chi connectivity index (χ4n) is 2.47. The molecule has 1 saturated carbocycles. The van der Waals surface area contributed by atoms with Crippen molar-refractivity contribution in [2.24, 2.45) is 0 Å². The van der Waals surface area contributed by atoms with E-state index in [-0.39, 0.29) is 17.3 Å². The maximum Gasteiger partial charge on any atom is 0.246 e. The van der Waals surface area contributed by atoms with Gasteiger partial charge >= 0.3 is 0 Å². The first kappa shape index (κ1) is 14.3. The molecule has 0 aromatic carbocycles. The fourth-order valence-corrected chi connectivity index (χ4v) is 4.00. The third kappa shape index (κ3) is 2.75. The summed E-state index contributed by atoms with van der Waals surface area (Å²) in [6.07, 6.45) is 4.52. The van der Waals surface area contributed by atoms with Crippen LogP contribution in [0.4, 0.5) is 5.82 Å². The summed E-state index contributed by atoms with van der Waals surface area (Å²) in [4.78, 5) is -0.0194. The van der Waals surface area contributed by atoms with Gasteiger partial charge in [-0.3, -0.25) is 4.68 Å². The normalized spacial score (nSPS) is 18.8. The quantitative estimate of drug-likeness (QED) is 0.710. The highest BCUT2D eigenvalue weighted by Gasteiger charge is 2.38. The van der Waals surface area contributed by atoms with Crippen LogP contribution in [-0.4, -0.2) is 35.5 Å². The van der Waals surface area contributed by atoms with Crippen LogP contribution < -0.4 is 10.5 Å². The number of aliphatic hydroxyl groups excluding tert-OH is 1. The van der Waals surface area contributed by atoms with Gasteiger partial charge in [-0.15, -0.1) is 0 Å². The van der Waals surface area contributed by atoms with Crippen molar-refractivity contribution in [3.05, 3.63) is 6.20 Å². The number of hydrogen-bond acceptors (Lipinski definition) is 5. The molecule has 7 nitrogen and oxygen atoms in total. The van der Waals surface area contributed by atoms with E-state index in [2.05, 4.69) is 9.82 Å². The van der Waals surface area contributed by atoms with Gasteiger partial charge in [0.05, 0.1) is 12.1 Å².